The van der Waals surface area contributed by atoms with E-state index in [2.05, 4.69) is 15.0 Å². The van der Waals surface area contributed by atoms with Crippen LogP contribution in [0.2, 0.25) is 0 Å². The van der Waals surface area contributed by atoms with Crippen LogP contribution < -0.4 is 5.73 Å². The standard InChI is InChI=1S/C32H33N5O4/c1-18(2)15-25(33)31(39)37(30(38)24-13-8-10-20-9-4-5-11-22(20)24)27(29-35-19(3)28(36-29)32(40)41)16-21-17-34-26-14-7-6-12-23(21)26/h4-14,17-18,25,27,34H,15-16,33H2,1-3H3,(H,35,36)(H,40,41)/t25-,27+/m0/s1. The Morgan fingerprint density at radius 1 is 0.976 bits per heavy atom. The lowest BCUT2D eigenvalue weighted by atomic mass is 9.97. The van der Waals surface area contributed by atoms with Gasteiger partial charge < -0.3 is 20.8 Å². The fourth-order valence-electron chi connectivity index (χ4n) is 5.39. The highest BCUT2D eigenvalue weighted by atomic mass is 16.4. The van der Waals surface area contributed by atoms with Crippen LogP contribution in [0.1, 0.15) is 64.2 Å². The van der Waals surface area contributed by atoms with Crippen LogP contribution in [0, 0.1) is 12.8 Å². The topological polar surface area (TPSA) is 145 Å². The van der Waals surface area contributed by atoms with Gasteiger partial charge in [0.2, 0.25) is 5.91 Å². The number of benzene rings is 3. The van der Waals surface area contributed by atoms with Crippen LogP contribution >= 0.6 is 0 Å². The number of amides is 2. The quantitative estimate of drug-likeness (QED) is 0.194. The minimum Gasteiger partial charge on any atom is -0.476 e. The van der Waals surface area contributed by atoms with Crippen molar-refractivity contribution < 1.29 is 19.5 Å². The summed E-state index contributed by atoms with van der Waals surface area (Å²) in [6.07, 6.45) is 2.40. The minimum absolute atomic E-state index is 0.111. The Morgan fingerprint density at radius 2 is 1.66 bits per heavy atom. The number of aryl methyl sites for hydroxylation is 1. The number of aromatic nitrogens is 3. The lowest BCUT2D eigenvalue weighted by Gasteiger charge is -2.32. The summed E-state index contributed by atoms with van der Waals surface area (Å²) >= 11 is 0. The second-order valence-corrected chi connectivity index (χ2v) is 10.8. The highest BCUT2D eigenvalue weighted by Gasteiger charge is 2.38. The summed E-state index contributed by atoms with van der Waals surface area (Å²) in [4.78, 5) is 52.5. The molecule has 0 bridgehead atoms. The Hall–Kier alpha value is -4.76. The predicted octanol–water partition coefficient (Wildman–Crippen LogP) is 5.38. The number of carbonyl (C=O) groups excluding carboxylic acids is 2. The number of hydrogen-bond acceptors (Lipinski definition) is 5. The third kappa shape index (κ3) is 5.49. The van der Waals surface area contributed by atoms with Gasteiger partial charge in [-0.25, -0.2) is 9.78 Å². The predicted molar refractivity (Wildman–Crippen MR) is 158 cm³/mol. The van der Waals surface area contributed by atoms with E-state index in [9.17, 15) is 19.5 Å². The molecule has 0 aliphatic carbocycles. The van der Waals surface area contributed by atoms with Crippen LogP contribution in [-0.2, 0) is 11.2 Å². The van der Waals surface area contributed by atoms with Crippen LogP contribution in [0.15, 0.2) is 72.9 Å². The zero-order chi connectivity index (χ0) is 29.3. The molecule has 0 radical (unpaired) electrons. The van der Waals surface area contributed by atoms with E-state index in [0.717, 1.165) is 21.9 Å². The number of aromatic carboxylic acids is 1. The van der Waals surface area contributed by atoms with E-state index in [4.69, 9.17) is 5.73 Å². The third-order valence-electron chi connectivity index (χ3n) is 7.34. The molecule has 9 heteroatoms. The Bertz CT molecular complexity index is 1750. The maximum absolute atomic E-state index is 14.5. The Kier molecular flexibility index (Phi) is 7.72. The summed E-state index contributed by atoms with van der Waals surface area (Å²) in [7, 11) is 0. The summed E-state index contributed by atoms with van der Waals surface area (Å²) in [5.41, 5.74) is 8.69. The number of nitrogens with two attached hydrogens (primary N) is 1. The number of fused-ring (bicyclic) bond motifs is 2. The van der Waals surface area contributed by atoms with Gasteiger partial charge in [-0.15, -0.1) is 0 Å². The highest BCUT2D eigenvalue weighted by molar-refractivity contribution is 6.13. The highest BCUT2D eigenvalue weighted by Crippen LogP contribution is 2.32. The molecule has 3 aromatic carbocycles. The molecule has 41 heavy (non-hydrogen) atoms. The first-order valence-corrected chi connectivity index (χ1v) is 13.6. The fourth-order valence-corrected chi connectivity index (χ4v) is 5.39. The van der Waals surface area contributed by atoms with E-state index in [1.54, 1.807) is 19.1 Å². The SMILES string of the molecule is Cc1[nH]c([C@@H](Cc2c[nH]c3ccccc23)N(C(=O)c2cccc3ccccc23)C(=O)[C@@H](N)CC(C)C)nc1C(=O)O. The van der Waals surface area contributed by atoms with Crippen LogP contribution in [0.4, 0.5) is 0 Å². The number of nitrogens with one attached hydrogen (secondary N) is 2. The summed E-state index contributed by atoms with van der Waals surface area (Å²) in [6.45, 7) is 5.52. The molecular weight excluding hydrogens is 518 g/mol. The second-order valence-electron chi connectivity index (χ2n) is 10.8. The van der Waals surface area contributed by atoms with Gasteiger partial charge in [0.05, 0.1) is 6.04 Å². The number of imide groups is 1. The molecule has 2 amide bonds. The summed E-state index contributed by atoms with van der Waals surface area (Å²) in [6, 6.07) is 18.7. The number of para-hydroxylation sites is 1. The summed E-state index contributed by atoms with van der Waals surface area (Å²) in [5, 5.41) is 12.2. The van der Waals surface area contributed by atoms with Crippen molar-refractivity contribution in [2.45, 2.75) is 45.7 Å². The zero-order valence-corrected chi connectivity index (χ0v) is 23.2. The molecule has 9 nitrogen and oxygen atoms in total. The summed E-state index contributed by atoms with van der Waals surface area (Å²) < 4.78 is 0. The third-order valence-corrected chi connectivity index (χ3v) is 7.34. The van der Waals surface area contributed by atoms with E-state index in [1.165, 1.54) is 4.90 Å². The average molecular weight is 552 g/mol. The van der Waals surface area contributed by atoms with E-state index >= 15 is 0 Å². The van der Waals surface area contributed by atoms with Gasteiger partial charge in [0.25, 0.3) is 5.91 Å². The number of imidazole rings is 1. The molecule has 5 rings (SSSR count). The van der Waals surface area contributed by atoms with Gasteiger partial charge in [-0.1, -0.05) is 68.4 Å². The number of rotatable bonds is 9. The van der Waals surface area contributed by atoms with E-state index in [0.29, 0.717) is 23.1 Å². The van der Waals surface area contributed by atoms with Crippen LogP contribution in [0.5, 0.6) is 0 Å². The normalized spacial score (nSPS) is 13.0. The number of carboxylic acids is 1. The monoisotopic (exact) mass is 551 g/mol. The number of H-pyrrole nitrogens is 2. The van der Waals surface area contributed by atoms with Crippen molar-refractivity contribution in [2.75, 3.05) is 0 Å². The Morgan fingerprint density at radius 3 is 2.37 bits per heavy atom. The molecule has 0 saturated heterocycles. The maximum atomic E-state index is 14.5. The van der Waals surface area contributed by atoms with Gasteiger partial charge in [0, 0.05) is 34.8 Å². The average Bonchev–Trinajstić information content (AvgIpc) is 3.55. The van der Waals surface area contributed by atoms with Gasteiger partial charge in [-0.2, -0.15) is 0 Å². The first-order chi connectivity index (χ1) is 19.7. The van der Waals surface area contributed by atoms with Crippen molar-refractivity contribution in [3.05, 3.63) is 101 Å². The van der Waals surface area contributed by atoms with Gasteiger partial charge in [-0.05, 0) is 47.7 Å². The summed E-state index contributed by atoms with van der Waals surface area (Å²) in [5.74, 6) is -1.97. The van der Waals surface area contributed by atoms with Crippen molar-refractivity contribution >= 4 is 39.5 Å². The minimum atomic E-state index is -1.20. The van der Waals surface area contributed by atoms with Gasteiger partial charge in [-0.3, -0.25) is 14.5 Å². The molecule has 5 aromatic rings. The number of aromatic amines is 2. The Labute approximate surface area is 237 Å². The van der Waals surface area contributed by atoms with Crippen molar-refractivity contribution in [1.82, 2.24) is 19.9 Å². The van der Waals surface area contributed by atoms with E-state index in [-0.39, 0.29) is 23.9 Å². The van der Waals surface area contributed by atoms with Crippen molar-refractivity contribution in [3.8, 4) is 0 Å². The van der Waals surface area contributed by atoms with Crippen LogP contribution in [0.25, 0.3) is 21.7 Å². The first-order valence-electron chi connectivity index (χ1n) is 13.6. The maximum Gasteiger partial charge on any atom is 0.356 e. The second kappa shape index (κ2) is 11.4. The van der Waals surface area contributed by atoms with E-state index < -0.39 is 29.9 Å². The zero-order valence-electron chi connectivity index (χ0n) is 23.2. The molecule has 0 unspecified atom stereocenters. The molecule has 0 spiro atoms. The lowest BCUT2D eigenvalue weighted by molar-refractivity contribution is -0.132. The number of hydrogen-bond donors (Lipinski definition) is 4. The molecule has 0 fully saturated rings. The smallest absolute Gasteiger partial charge is 0.356 e. The van der Waals surface area contributed by atoms with Gasteiger partial charge in [0.1, 0.15) is 11.9 Å². The fraction of sp³-hybridized carbons (Fsp3) is 0.250. The van der Waals surface area contributed by atoms with Crippen LogP contribution in [-0.4, -0.2) is 48.8 Å². The van der Waals surface area contributed by atoms with Gasteiger partial charge in [0.15, 0.2) is 5.69 Å². The molecule has 2 aromatic heterocycles. The van der Waals surface area contributed by atoms with Crippen molar-refractivity contribution in [1.29, 1.82) is 0 Å². The molecular formula is C32H33N5O4. The number of carbonyl (C=O) groups is 3. The van der Waals surface area contributed by atoms with Crippen molar-refractivity contribution in [2.24, 2.45) is 11.7 Å². The number of carboxylic acid groups (broad SMARTS) is 1. The molecule has 0 saturated carbocycles. The largest absolute Gasteiger partial charge is 0.476 e. The van der Waals surface area contributed by atoms with E-state index in [1.807, 2.05) is 74.6 Å². The first kappa shape index (κ1) is 27.8. The van der Waals surface area contributed by atoms with Gasteiger partial charge >= 0.3 is 5.97 Å². The molecule has 2 heterocycles. The molecule has 2 atom stereocenters. The Balaban J connectivity index is 1.70. The molecule has 0 aliphatic heterocycles. The number of nitrogens with zero attached hydrogens (tertiary/aromatic N) is 2. The van der Waals surface area contributed by atoms with Crippen molar-refractivity contribution in [3.63, 3.8) is 0 Å². The molecule has 210 valence electrons. The van der Waals surface area contributed by atoms with Crippen LogP contribution in [0.3, 0.4) is 0 Å². The lowest BCUT2D eigenvalue weighted by Crippen LogP contribution is -2.49. The molecule has 5 N–H and O–H groups in total. The molecule has 0 aliphatic rings.